The van der Waals surface area contributed by atoms with Crippen LogP contribution < -0.4 is 19.5 Å². The van der Waals surface area contributed by atoms with Crippen molar-refractivity contribution < 1.29 is 14.2 Å². The maximum Gasteiger partial charge on any atom is 0.174 e. The van der Waals surface area contributed by atoms with Crippen molar-refractivity contribution in [2.24, 2.45) is 0 Å². The quantitative estimate of drug-likeness (QED) is 0.307. The summed E-state index contributed by atoms with van der Waals surface area (Å²) in [7, 11) is 0. The van der Waals surface area contributed by atoms with E-state index < -0.39 is 0 Å². The minimum absolute atomic E-state index is 0.501. The monoisotopic (exact) mass is 435 g/mol. The van der Waals surface area contributed by atoms with Gasteiger partial charge in [0, 0.05) is 12.1 Å². The van der Waals surface area contributed by atoms with Crippen molar-refractivity contribution in [1.29, 1.82) is 0 Å². The molecular formula is C24H15Cl2NO3. The van der Waals surface area contributed by atoms with E-state index in [9.17, 15) is 0 Å². The van der Waals surface area contributed by atoms with E-state index in [1.165, 1.54) is 0 Å². The van der Waals surface area contributed by atoms with Gasteiger partial charge in [-0.1, -0.05) is 59.6 Å². The van der Waals surface area contributed by atoms with Crippen molar-refractivity contribution in [3.63, 3.8) is 0 Å². The fourth-order valence-electron chi connectivity index (χ4n) is 3.09. The standard InChI is InChI=1S/C24H15Cl2NO3/c25-15-7-1-3-9-17(15)27-18-13-23-24(30-21-12-6-5-11-20(21)29-23)14-22(18)28-19-10-4-2-8-16(19)26/h1-14,27H. The zero-order chi connectivity index (χ0) is 20.5. The van der Waals surface area contributed by atoms with E-state index in [1.54, 1.807) is 18.2 Å². The van der Waals surface area contributed by atoms with Crippen molar-refractivity contribution >= 4 is 34.6 Å². The molecule has 0 saturated carbocycles. The lowest BCUT2D eigenvalue weighted by atomic mass is 10.2. The molecule has 4 aromatic rings. The van der Waals surface area contributed by atoms with Gasteiger partial charge < -0.3 is 19.5 Å². The molecule has 0 amide bonds. The molecular weight excluding hydrogens is 421 g/mol. The van der Waals surface area contributed by atoms with E-state index in [0.29, 0.717) is 50.2 Å². The summed E-state index contributed by atoms with van der Waals surface area (Å²) >= 11 is 12.6. The van der Waals surface area contributed by atoms with Gasteiger partial charge >= 0.3 is 0 Å². The van der Waals surface area contributed by atoms with Crippen LogP contribution in [0.5, 0.6) is 34.5 Å². The Morgan fingerprint density at radius 2 is 1.17 bits per heavy atom. The van der Waals surface area contributed by atoms with Crippen molar-refractivity contribution in [3.05, 3.63) is 95.0 Å². The van der Waals surface area contributed by atoms with Crippen molar-refractivity contribution in [2.75, 3.05) is 5.32 Å². The normalized spacial score (nSPS) is 11.5. The fraction of sp³-hybridized carbons (Fsp3) is 0. The van der Waals surface area contributed by atoms with Gasteiger partial charge in [0.05, 0.1) is 21.4 Å². The van der Waals surface area contributed by atoms with Crippen molar-refractivity contribution in [1.82, 2.24) is 0 Å². The molecule has 0 saturated heterocycles. The second-order valence-corrected chi connectivity index (χ2v) is 7.40. The highest BCUT2D eigenvalue weighted by Gasteiger charge is 2.22. The average Bonchev–Trinajstić information content (AvgIpc) is 2.76. The Labute approximate surface area is 183 Å². The molecule has 6 heteroatoms. The number of hydrogen-bond acceptors (Lipinski definition) is 4. The predicted octanol–water partition coefficient (Wildman–Crippen LogP) is 8.43. The van der Waals surface area contributed by atoms with E-state index in [0.717, 1.165) is 5.69 Å². The Morgan fingerprint density at radius 3 is 1.87 bits per heavy atom. The van der Waals surface area contributed by atoms with Crippen LogP contribution in [-0.2, 0) is 0 Å². The lowest BCUT2D eigenvalue weighted by Gasteiger charge is -2.23. The van der Waals surface area contributed by atoms with Crippen molar-refractivity contribution in [3.8, 4) is 34.5 Å². The molecule has 4 nitrogen and oxygen atoms in total. The number of anilines is 2. The Hall–Kier alpha value is -3.34. The zero-order valence-electron chi connectivity index (χ0n) is 15.6. The molecule has 4 aromatic carbocycles. The molecule has 0 unspecified atom stereocenters. The van der Waals surface area contributed by atoms with Crippen LogP contribution in [0.2, 0.25) is 10.0 Å². The van der Waals surface area contributed by atoms with Crippen LogP contribution in [0, 0.1) is 0 Å². The van der Waals surface area contributed by atoms with E-state index >= 15 is 0 Å². The molecule has 1 aliphatic rings. The molecule has 0 spiro atoms. The van der Waals surface area contributed by atoms with Crippen LogP contribution in [0.3, 0.4) is 0 Å². The summed E-state index contributed by atoms with van der Waals surface area (Å²) in [6, 6.07) is 25.8. The van der Waals surface area contributed by atoms with Gasteiger partial charge in [0.25, 0.3) is 0 Å². The van der Waals surface area contributed by atoms with Crippen LogP contribution in [0.4, 0.5) is 11.4 Å². The molecule has 1 aliphatic heterocycles. The summed E-state index contributed by atoms with van der Waals surface area (Å²) in [6.07, 6.45) is 0. The molecule has 0 atom stereocenters. The van der Waals surface area contributed by atoms with Crippen molar-refractivity contribution in [2.45, 2.75) is 0 Å². The highest BCUT2D eigenvalue weighted by molar-refractivity contribution is 6.33. The predicted molar refractivity (Wildman–Crippen MR) is 119 cm³/mol. The second kappa shape index (κ2) is 7.82. The molecule has 5 rings (SSSR count). The third kappa shape index (κ3) is 3.63. The summed E-state index contributed by atoms with van der Waals surface area (Å²) in [5.74, 6) is 3.44. The molecule has 30 heavy (non-hydrogen) atoms. The summed E-state index contributed by atoms with van der Waals surface area (Å²) in [5.41, 5.74) is 1.39. The van der Waals surface area contributed by atoms with Gasteiger partial charge in [0.15, 0.2) is 28.7 Å². The first-order valence-corrected chi connectivity index (χ1v) is 10.00. The maximum absolute atomic E-state index is 6.34. The average molecular weight is 436 g/mol. The number of halogens is 2. The molecule has 0 fully saturated rings. The molecule has 1 heterocycles. The van der Waals surface area contributed by atoms with E-state index in [1.807, 2.05) is 66.7 Å². The van der Waals surface area contributed by atoms with Gasteiger partial charge in [-0.3, -0.25) is 0 Å². The highest BCUT2D eigenvalue weighted by Crippen LogP contribution is 2.50. The molecule has 0 radical (unpaired) electrons. The van der Waals surface area contributed by atoms with Gasteiger partial charge in [-0.05, 0) is 36.4 Å². The minimum Gasteiger partial charge on any atom is -0.453 e. The number of benzene rings is 4. The summed E-state index contributed by atoms with van der Waals surface area (Å²) in [4.78, 5) is 0. The third-order valence-corrected chi connectivity index (χ3v) is 5.18. The molecule has 0 bridgehead atoms. The largest absolute Gasteiger partial charge is 0.453 e. The van der Waals surface area contributed by atoms with Gasteiger partial charge in [-0.2, -0.15) is 0 Å². The summed E-state index contributed by atoms with van der Waals surface area (Å²) in [6.45, 7) is 0. The maximum atomic E-state index is 6.34. The Bertz CT molecular complexity index is 1150. The number of nitrogens with one attached hydrogen (secondary N) is 1. The van der Waals surface area contributed by atoms with E-state index in [2.05, 4.69) is 5.32 Å². The Kier molecular flexibility index (Phi) is 4.87. The topological polar surface area (TPSA) is 39.7 Å². The Morgan fingerprint density at radius 1 is 0.567 bits per heavy atom. The van der Waals surface area contributed by atoms with Gasteiger partial charge in [-0.15, -0.1) is 0 Å². The Balaban J connectivity index is 1.58. The highest BCUT2D eigenvalue weighted by atomic mass is 35.5. The van der Waals surface area contributed by atoms with Gasteiger partial charge in [-0.25, -0.2) is 0 Å². The first-order chi connectivity index (χ1) is 14.7. The SMILES string of the molecule is Clc1ccccc1Nc1cc2c(cc1Oc1ccccc1Cl)Oc1ccccc1O2. The number of fused-ring (bicyclic) bond motifs is 2. The second-order valence-electron chi connectivity index (χ2n) is 6.58. The van der Waals surface area contributed by atoms with E-state index in [4.69, 9.17) is 37.4 Å². The minimum atomic E-state index is 0.501. The summed E-state index contributed by atoms with van der Waals surface area (Å²) < 4.78 is 18.2. The first-order valence-electron chi connectivity index (χ1n) is 9.24. The number of hydrogen-bond donors (Lipinski definition) is 1. The van der Waals surface area contributed by atoms with Gasteiger partial charge in [0.1, 0.15) is 5.75 Å². The lowest BCUT2D eigenvalue weighted by Crippen LogP contribution is -2.02. The van der Waals surface area contributed by atoms with Crippen LogP contribution in [0.15, 0.2) is 84.9 Å². The number of para-hydroxylation sites is 4. The first kappa shape index (κ1) is 18.7. The fourth-order valence-corrected chi connectivity index (χ4v) is 3.45. The van der Waals surface area contributed by atoms with E-state index in [-0.39, 0.29) is 0 Å². The molecule has 1 N–H and O–H groups in total. The molecule has 148 valence electrons. The number of ether oxygens (including phenoxy) is 3. The molecule has 0 aliphatic carbocycles. The summed E-state index contributed by atoms with van der Waals surface area (Å²) in [5, 5.41) is 4.41. The lowest BCUT2D eigenvalue weighted by molar-refractivity contribution is 0.357. The number of rotatable bonds is 4. The van der Waals surface area contributed by atoms with Crippen LogP contribution in [0.25, 0.3) is 0 Å². The molecule has 0 aromatic heterocycles. The van der Waals surface area contributed by atoms with Crippen LogP contribution in [0.1, 0.15) is 0 Å². The smallest absolute Gasteiger partial charge is 0.174 e. The van der Waals surface area contributed by atoms with Crippen LogP contribution in [-0.4, -0.2) is 0 Å². The zero-order valence-corrected chi connectivity index (χ0v) is 17.1. The third-order valence-electron chi connectivity index (χ3n) is 4.53. The van der Waals surface area contributed by atoms with Gasteiger partial charge in [0.2, 0.25) is 0 Å². The van der Waals surface area contributed by atoms with Crippen LogP contribution >= 0.6 is 23.2 Å².